The maximum atomic E-state index is 11.6. The quantitative estimate of drug-likeness (QED) is 0.589. The summed E-state index contributed by atoms with van der Waals surface area (Å²) in [7, 11) is 2.73. The Morgan fingerprint density at radius 3 is 1.42 bits per heavy atom. The van der Waals surface area contributed by atoms with Crippen LogP contribution in [-0.4, -0.2) is 37.8 Å². The van der Waals surface area contributed by atoms with E-state index in [0.29, 0.717) is 24.2 Å². The molecule has 7 nitrogen and oxygen atoms in total. The van der Waals surface area contributed by atoms with Crippen LogP contribution in [0, 0.1) is 0 Å². The molecule has 0 aromatic heterocycles. The van der Waals surface area contributed by atoms with Crippen LogP contribution in [0.3, 0.4) is 0 Å². The summed E-state index contributed by atoms with van der Waals surface area (Å²) in [6, 6.07) is 22.3. The first-order valence-corrected chi connectivity index (χ1v) is 10.4. The Labute approximate surface area is 191 Å². The summed E-state index contributed by atoms with van der Waals surface area (Å²) >= 11 is 0. The Kier molecular flexibility index (Phi) is 6.59. The van der Waals surface area contributed by atoms with Gasteiger partial charge in [-0.2, -0.15) is 0 Å². The zero-order chi connectivity index (χ0) is 23.2. The molecule has 0 fully saturated rings. The van der Waals surface area contributed by atoms with E-state index in [1.165, 1.54) is 14.2 Å². The first kappa shape index (κ1) is 22.0. The van der Waals surface area contributed by atoms with Crippen molar-refractivity contribution in [2.24, 2.45) is 9.98 Å². The van der Waals surface area contributed by atoms with Crippen LogP contribution < -0.4 is 5.32 Å². The fourth-order valence-corrected chi connectivity index (χ4v) is 3.46. The molecule has 1 heterocycles. The standard InChI is InChI=1S/C26H23N3O4/c1-32-25(30)19-11-7-17(8-12-19)15-27-23-21-5-3-4-6-22(21)24(29-23)28-16-18-9-13-20(14-10-18)26(31)33-2/h3-14H,15-16H2,1-2H3,(H,27,28,29). The summed E-state index contributed by atoms with van der Waals surface area (Å²) < 4.78 is 9.47. The first-order chi connectivity index (χ1) is 16.1. The molecule has 0 spiro atoms. The van der Waals surface area contributed by atoms with Crippen molar-refractivity contribution in [2.75, 3.05) is 14.2 Å². The van der Waals surface area contributed by atoms with Gasteiger partial charge in [0.15, 0.2) is 0 Å². The number of carbonyl (C=O) groups excluding carboxylic acids is 2. The average Bonchev–Trinajstić information content (AvgIpc) is 3.23. The Balaban J connectivity index is 1.49. The number of carbonyl (C=O) groups is 2. The normalized spacial score (nSPS) is 14.6. The fraction of sp³-hybridized carbons (Fsp3) is 0.154. The van der Waals surface area contributed by atoms with Gasteiger partial charge in [0.05, 0.1) is 38.4 Å². The van der Waals surface area contributed by atoms with Gasteiger partial charge in [0.25, 0.3) is 0 Å². The number of nitrogens with one attached hydrogen (secondary N) is 1. The van der Waals surface area contributed by atoms with Crippen LogP contribution in [0.25, 0.3) is 0 Å². The number of ether oxygens (including phenoxy) is 2. The highest BCUT2D eigenvalue weighted by Crippen LogP contribution is 2.18. The molecule has 0 aliphatic carbocycles. The minimum absolute atomic E-state index is 0.361. The molecule has 3 aromatic rings. The number of esters is 2. The first-order valence-electron chi connectivity index (χ1n) is 10.4. The number of methoxy groups -OCH3 is 2. The number of benzene rings is 3. The lowest BCUT2D eigenvalue weighted by atomic mass is 10.1. The van der Waals surface area contributed by atoms with Gasteiger partial charge in [0.1, 0.15) is 11.7 Å². The number of fused-ring (bicyclic) bond motifs is 1. The SMILES string of the molecule is COC(=O)c1ccc(CN=C2NC(=NCc3ccc(C(=O)OC)cc3)c3ccccc32)cc1. The summed E-state index contributed by atoms with van der Waals surface area (Å²) in [5.74, 6) is 0.782. The highest BCUT2D eigenvalue weighted by atomic mass is 16.5. The van der Waals surface area contributed by atoms with Crippen molar-refractivity contribution in [3.05, 3.63) is 106 Å². The molecule has 1 N–H and O–H groups in total. The molecule has 0 amide bonds. The maximum absolute atomic E-state index is 11.6. The second-order valence-corrected chi connectivity index (χ2v) is 7.38. The summed E-state index contributed by atoms with van der Waals surface area (Å²) in [4.78, 5) is 32.7. The fourth-order valence-electron chi connectivity index (χ4n) is 3.46. The zero-order valence-corrected chi connectivity index (χ0v) is 18.4. The van der Waals surface area contributed by atoms with Crippen LogP contribution in [0.1, 0.15) is 43.0 Å². The molecule has 4 rings (SSSR count). The van der Waals surface area contributed by atoms with Crippen molar-refractivity contribution < 1.29 is 19.1 Å². The van der Waals surface area contributed by atoms with E-state index in [-0.39, 0.29) is 11.9 Å². The Morgan fingerprint density at radius 1 is 0.667 bits per heavy atom. The molecule has 1 aliphatic heterocycles. The lowest BCUT2D eigenvalue weighted by Gasteiger charge is -2.04. The van der Waals surface area contributed by atoms with Crippen molar-refractivity contribution in [3.63, 3.8) is 0 Å². The van der Waals surface area contributed by atoms with Gasteiger partial charge in [-0.05, 0) is 35.4 Å². The predicted octanol–water partition coefficient (Wildman–Crippen LogP) is 3.76. The minimum atomic E-state index is -0.361. The van der Waals surface area contributed by atoms with Gasteiger partial charge in [0.2, 0.25) is 0 Å². The van der Waals surface area contributed by atoms with Gasteiger partial charge in [-0.1, -0.05) is 48.5 Å². The van der Waals surface area contributed by atoms with E-state index < -0.39 is 0 Å². The third-order valence-corrected chi connectivity index (χ3v) is 5.26. The van der Waals surface area contributed by atoms with Crippen LogP contribution in [0.4, 0.5) is 0 Å². The lowest BCUT2D eigenvalue weighted by Crippen LogP contribution is -2.23. The topological polar surface area (TPSA) is 89.4 Å². The third kappa shape index (κ3) is 4.98. The Morgan fingerprint density at radius 2 is 1.06 bits per heavy atom. The predicted molar refractivity (Wildman–Crippen MR) is 126 cm³/mol. The molecular formula is C26H23N3O4. The molecule has 166 valence electrons. The molecule has 0 unspecified atom stereocenters. The Bertz CT molecular complexity index is 1130. The molecule has 0 bridgehead atoms. The van der Waals surface area contributed by atoms with Crippen LogP contribution in [0.15, 0.2) is 82.8 Å². The van der Waals surface area contributed by atoms with Gasteiger partial charge in [-0.3, -0.25) is 9.98 Å². The molecule has 0 radical (unpaired) electrons. The zero-order valence-electron chi connectivity index (χ0n) is 18.4. The summed E-state index contributed by atoms with van der Waals surface area (Å²) in [5.41, 5.74) is 4.95. The highest BCUT2D eigenvalue weighted by molar-refractivity contribution is 6.25. The van der Waals surface area contributed by atoms with Crippen molar-refractivity contribution >= 4 is 23.6 Å². The molecule has 0 saturated heterocycles. The minimum Gasteiger partial charge on any atom is -0.465 e. The number of hydrogen-bond donors (Lipinski definition) is 1. The Hall–Kier alpha value is -4.26. The van der Waals surface area contributed by atoms with Crippen molar-refractivity contribution in [1.82, 2.24) is 5.32 Å². The van der Waals surface area contributed by atoms with Crippen LogP contribution in [-0.2, 0) is 22.6 Å². The van der Waals surface area contributed by atoms with Gasteiger partial charge in [-0.15, -0.1) is 0 Å². The van der Waals surface area contributed by atoms with E-state index in [0.717, 1.165) is 33.9 Å². The van der Waals surface area contributed by atoms with E-state index in [1.807, 2.05) is 48.5 Å². The second-order valence-electron chi connectivity index (χ2n) is 7.38. The number of hydrogen-bond acceptors (Lipinski definition) is 6. The number of nitrogens with zero attached hydrogens (tertiary/aromatic N) is 2. The van der Waals surface area contributed by atoms with Crippen molar-refractivity contribution in [1.29, 1.82) is 0 Å². The van der Waals surface area contributed by atoms with E-state index in [4.69, 9.17) is 19.5 Å². The van der Waals surface area contributed by atoms with Crippen molar-refractivity contribution in [2.45, 2.75) is 13.1 Å². The average molecular weight is 441 g/mol. The van der Waals surface area contributed by atoms with Gasteiger partial charge >= 0.3 is 11.9 Å². The highest BCUT2D eigenvalue weighted by Gasteiger charge is 2.22. The van der Waals surface area contributed by atoms with E-state index in [1.54, 1.807) is 24.3 Å². The number of rotatable bonds is 6. The molecule has 1 aliphatic rings. The van der Waals surface area contributed by atoms with Gasteiger partial charge in [0, 0.05) is 11.1 Å². The van der Waals surface area contributed by atoms with Gasteiger partial charge < -0.3 is 14.8 Å². The molecule has 0 atom stereocenters. The molecular weight excluding hydrogens is 418 g/mol. The van der Waals surface area contributed by atoms with Crippen LogP contribution in [0.5, 0.6) is 0 Å². The summed E-state index contributed by atoms with van der Waals surface area (Å²) in [5, 5.41) is 3.33. The monoisotopic (exact) mass is 441 g/mol. The van der Waals surface area contributed by atoms with E-state index in [9.17, 15) is 9.59 Å². The number of aliphatic imine (C=N–C) groups is 2. The largest absolute Gasteiger partial charge is 0.465 e. The second kappa shape index (κ2) is 9.91. The summed E-state index contributed by atoms with van der Waals surface area (Å²) in [6.07, 6.45) is 0. The third-order valence-electron chi connectivity index (χ3n) is 5.26. The number of amidine groups is 2. The molecule has 0 saturated carbocycles. The maximum Gasteiger partial charge on any atom is 0.337 e. The molecule has 7 heteroatoms. The van der Waals surface area contributed by atoms with Gasteiger partial charge in [-0.25, -0.2) is 9.59 Å². The smallest absolute Gasteiger partial charge is 0.337 e. The van der Waals surface area contributed by atoms with E-state index >= 15 is 0 Å². The molecule has 3 aromatic carbocycles. The van der Waals surface area contributed by atoms with E-state index in [2.05, 4.69) is 5.32 Å². The van der Waals surface area contributed by atoms with Crippen LogP contribution in [0.2, 0.25) is 0 Å². The van der Waals surface area contributed by atoms with Crippen molar-refractivity contribution in [3.8, 4) is 0 Å². The lowest BCUT2D eigenvalue weighted by molar-refractivity contribution is 0.0592. The van der Waals surface area contributed by atoms with Crippen LogP contribution >= 0.6 is 0 Å². The molecule has 33 heavy (non-hydrogen) atoms. The summed E-state index contributed by atoms with van der Waals surface area (Å²) in [6.45, 7) is 0.917.